The van der Waals surface area contributed by atoms with Crippen molar-refractivity contribution in [1.82, 2.24) is 4.98 Å². The Bertz CT molecular complexity index is 229. The Balaban J connectivity index is 3.08. The molecule has 0 fully saturated rings. The Morgan fingerprint density at radius 3 is 2.67 bits per heavy atom. The Kier molecular flexibility index (Phi) is 1.63. The fourth-order valence-corrected chi connectivity index (χ4v) is 1.25. The summed E-state index contributed by atoms with van der Waals surface area (Å²) in [5.41, 5.74) is 12.3. The minimum absolute atomic E-state index is 0.315. The number of hydrogen-bond acceptors (Lipinski definition) is 4. The maximum absolute atomic E-state index is 5.37. The van der Waals surface area contributed by atoms with Gasteiger partial charge in [-0.15, -0.1) is 11.3 Å². The summed E-state index contributed by atoms with van der Waals surface area (Å²) >= 11 is 6.03. The topological polar surface area (TPSA) is 64.9 Å². The highest BCUT2D eigenvalue weighted by atomic mass is 32.1. The minimum Gasteiger partial charge on any atom is -0.389 e. The predicted octanol–water partition coefficient (Wildman–Crippen LogP) is 0.360. The van der Waals surface area contributed by atoms with Crippen LogP contribution in [0.25, 0.3) is 0 Å². The largest absolute Gasteiger partial charge is 0.389 e. The molecule has 0 radical (unpaired) electrons. The highest BCUT2D eigenvalue weighted by molar-refractivity contribution is 7.81. The van der Waals surface area contributed by atoms with E-state index in [1.54, 1.807) is 5.51 Å². The number of rotatable bonds is 1. The summed E-state index contributed by atoms with van der Waals surface area (Å²) in [6.45, 7) is 0. The fourth-order valence-electron chi connectivity index (χ4n) is 0.439. The first-order valence-electron chi connectivity index (χ1n) is 2.20. The molecule has 48 valence electrons. The van der Waals surface area contributed by atoms with Crippen molar-refractivity contribution >= 4 is 34.4 Å². The van der Waals surface area contributed by atoms with Gasteiger partial charge in [-0.25, -0.2) is 4.98 Å². The van der Waals surface area contributed by atoms with Crippen LogP contribution in [-0.4, -0.2) is 9.97 Å². The van der Waals surface area contributed by atoms with E-state index in [2.05, 4.69) is 17.2 Å². The van der Waals surface area contributed by atoms with E-state index in [1.807, 2.05) is 0 Å². The summed E-state index contributed by atoms with van der Waals surface area (Å²) in [5, 5.41) is 0. The second-order valence-electron chi connectivity index (χ2n) is 1.43. The number of nitrogens with two attached hydrogens (primary N) is 2. The number of anilines is 1. The van der Waals surface area contributed by atoms with Crippen LogP contribution in [0.1, 0.15) is 4.88 Å². The summed E-state index contributed by atoms with van der Waals surface area (Å²) in [6, 6.07) is 0. The molecule has 0 aliphatic carbocycles. The van der Waals surface area contributed by atoms with Crippen molar-refractivity contribution in [2.45, 2.75) is 0 Å². The molecule has 0 saturated carbocycles. The first-order valence-corrected chi connectivity index (χ1v) is 3.49. The van der Waals surface area contributed by atoms with Crippen LogP contribution in [0.15, 0.2) is 5.51 Å². The number of thiazole rings is 1. The molecule has 0 unspecified atom stereocenters. The summed E-state index contributed by atoms with van der Waals surface area (Å²) in [6.07, 6.45) is 0. The molecule has 4 N–H and O–H groups in total. The van der Waals surface area contributed by atoms with Crippen LogP contribution in [0, 0.1) is 0 Å². The minimum atomic E-state index is 0.315. The third kappa shape index (κ3) is 1.17. The van der Waals surface area contributed by atoms with Crippen LogP contribution in [0.5, 0.6) is 0 Å². The van der Waals surface area contributed by atoms with Crippen molar-refractivity contribution in [3.8, 4) is 0 Å². The van der Waals surface area contributed by atoms with Gasteiger partial charge in [-0.05, 0) is 0 Å². The fraction of sp³-hybridized carbons (Fsp3) is 0. The third-order valence-electron chi connectivity index (χ3n) is 0.819. The van der Waals surface area contributed by atoms with E-state index >= 15 is 0 Å². The third-order valence-corrected chi connectivity index (χ3v) is 2.03. The average Bonchev–Trinajstić information content (AvgIpc) is 2.13. The zero-order valence-corrected chi connectivity index (χ0v) is 6.13. The lowest BCUT2D eigenvalue weighted by Crippen LogP contribution is -2.09. The number of aromatic nitrogens is 1. The van der Waals surface area contributed by atoms with Crippen LogP contribution < -0.4 is 11.5 Å². The summed E-state index contributed by atoms with van der Waals surface area (Å²) in [7, 11) is 0. The van der Waals surface area contributed by atoms with Gasteiger partial charge >= 0.3 is 0 Å². The van der Waals surface area contributed by atoms with Crippen LogP contribution in [0.3, 0.4) is 0 Å². The normalized spacial score (nSPS) is 9.33. The van der Waals surface area contributed by atoms with Crippen LogP contribution in [-0.2, 0) is 0 Å². The molecule has 0 amide bonds. The molecule has 1 aromatic rings. The van der Waals surface area contributed by atoms with Gasteiger partial charge in [0.1, 0.15) is 15.7 Å². The van der Waals surface area contributed by atoms with Crippen LogP contribution in [0.4, 0.5) is 5.82 Å². The molecular weight excluding hydrogens is 154 g/mol. The Morgan fingerprint density at radius 2 is 2.44 bits per heavy atom. The summed E-state index contributed by atoms with van der Waals surface area (Å²) in [5.74, 6) is 0.424. The maximum atomic E-state index is 5.37. The van der Waals surface area contributed by atoms with E-state index in [9.17, 15) is 0 Å². The molecular formula is C4H5N3S2. The maximum Gasteiger partial charge on any atom is 0.144 e. The van der Waals surface area contributed by atoms with Crippen molar-refractivity contribution in [2.75, 3.05) is 5.73 Å². The second kappa shape index (κ2) is 2.28. The van der Waals surface area contributed by atoms with E-state index in [0.717, 1.165) is 0 Å². The molecule has 0 saturated heterocycles. The Morgan fingerprint density at radius 1 is 1.78 bits per heavy atom. The first-order chi connectivity index (χ1) is 4.22. The van der Waals surface area contributed by atoms with E-state index in [-0.39, 0.29) is 0 Å². The van der Waals surface area contributed by atoms with Crippen molar-refractivity contribution in [3.05, 3.63) is 10.4 Å². The van der Waals surface area contributed by atoms with Gasteiger partial charge in [-0.1, -0.05) is 12.2 Å². The Hall–Kier alpha value is -0.680. The predicted molar refractivity (Wildman–Crippen MR) is 42.4 cm³/mol. The van der Waals surface area contributed by atoms with Gasteiger partial charge in [0, 0.05) is 0 Å². The molecule has 0 aliphatic rings. The number of hydrogen-bond donors (Lipinski definition) is 2. The molecule has 0 aliphatic heterocycles. The van der Waals surface area contributed by atoms with Crippen molar-refractivity contribution in [1.29, 1.82) is 0 Å². The molecule has 0 aromatic carbocycles. The lowest BCUT2D eigenvalue weighted by molar-refractivity contribution is 1.42. The van der Waals surface area contributed by atoms with Gasteiger partial charge in [0.25, 0.3) is 0 Å². The zero-order chi connectivity index (χ0) is 6.85. The quantitative estimate of drug-likeness (QED) is 0.581. The number of nitrogen functional groups attached to an aromatic ring is 1. The monoisotopic (exact) mass is 159 g/mol. The molecule has 1 heterocycles. The Labute approximate surface area is 61.7 Å². The summed E-state index contributed by atoms with van der Waals surface area (Å²) in [4.78, 5) is 4.78. The SMILES string of the molecule is NC(=S)c1scnc1N. The molecule has 1 rings (SSSR count). The van der Waals surface area contributed by atoms with Crippen molar-refractivity contribution in [3.63, 3.8) is 0 Å². The highest BCUT2D eigenvalue weighted by Gasteiger charge is 2.02. The molecule has 9 heavy (non-hydrogen) atoms. The van der Waals surface area contributed by atoms with E-state index in [4.69, 9.17) is 11.5 Å². The lowest BCUT2D eigenvalue weighted by Gasteiger charge is -1.89. The molecule has 5 heteroatoms. The molecule has 0 bridgehead atoms. The number of thiocarbonyl (C=S) groups is 1. The van der Waals surface area contributed by atoms with E-state index in [1.165, 1.54) is 11.3 Å². The van der Waals surface area contributed by atoms with Crippen molar-refractivity contribution < 1.29 is 0 Å². The zero-order valence-electron chi connectivity index (χ0n) is 4.50. The average molecular weight is 159 g/mol. The van der Waals surface area contributed by atoms with Crippen molar-refractivity contribution in [2.24, 2.45) is 5.73 Å². The smallest absolute Gasteiger partial charge is 0.144 e. The van der Waals surface area contributed by atoms with E-state index in [0.29, 0.717) is 15.7 Å². The lowest BCUT2D eigenvalue weighted by atomic mass is 10.5. The van der Waals surface area contributed by atoms with Crippen LogP contribution >= 0.6 is 23.6 Å². The van der Waals surface area contributed by atoms with Crippen LogP contribution in [0.2, 0.25) is 0 Å². The molecule has 0 atom stereocenters. The number of nitrogens with zero attached hydrogens (tertiary/aromatic N) is 1. The second-order valence-corrected chi connectivity index (χ2v) is 2.73. The summed E-state index contributed by atoms with van der Waals surface area (Å²) < 4.78 is 0. The molecule has 1 aromatic heterocycles. The van der Waals surface area contributed by atoms with Gasteiger partial charge in [-0.3, -0.25) is 0 Å². The van der Waals surface area contributed by atoms with Gasteiger partial charge in [0.2, 0.25) is 0 Å². The first kappa shape index (κ1) is 6.44. The highest BCUT2D eigenvalue weighted by Crippen LogP contribution is 2.13. The standard InChI is InChI=1S/C4H5N3S2/c5-3-2(4(6)8)9-1-7-3/h1H,5H2,(H2,6,8). The van der Waals surface area contributed by atoms with Gasteiger partial charge in [0.15, 0.2) is 0 Å². The van der Waals surface area contributed by atoms with Gasteiger partial charge in [-0.2, -0.15) is 0 Å². The van der Waals surface area contributed by atoms with E-state index < -0.39 is 0 Å². The van der Waals surface area contributed by atoms with Gasteiger partial charge < -0.3 is 11.5 Å². The molecule has 3 nitrogen and oxygen atoms in total. The molecule has 0 spiro atoms. The van der Waals surface area contributed by atoms with Gasteiger partial charge in [0.05, 0.1) is 5.51 Å².